The number of carbonyl (C=O) groups excluding carboxylic acids is 1. The second-order valence-corrected chi connectivity index (χ2v) is 5.93. The summed E-state index contributed by atoms with van der Waals surface area (Å²) in [6.45, 7) is 1.77. The SMILES string of the molecule is COc1ccccc1COC(CC1CCOC1)NC(=O)c1ccon1. The number of carbonyl (C=O) groups is 1. The third kappa shape index (κ3) is 4.80. The first-order valence-electron chi connectivity index (χ1n) is 8.28. The standard InChI is InChI=1S/C18H22N2O5/c1-22-16-5-3-2-4-14(16)12-24-17(10-13-6-8-23-11-13)19-18(21)15-7-9-25-20-15/h2-5,7,9,13,17H,6,8,10-12H2,1H3,(H,19,21). The first kappa shape index (κ1) is 17.4. The molecule has 7 heteroatoms. The number of rotatable bonds is 8. The minimum atomic E-state index is -0.444. The first-order valence-corrected chi connectivity index (χ1v) is 8.28. The Morgan fingerprint density at radius 3 is 3.00 bits per heavy atom. The summed E-state index contributed by atoms with van der Waals surface area (Å²) in [6.07, 6.45) is 2.57. The lowest BCUT2D eigenvalue weighted by atomic mass is 10.0. The molecule has 1 fully saturated rings. The molecule has 0 spiro atoms. The highest BCUT2D eigenvalue weighted by molar-refractivity contribution is 5.92. The number of aromatic nitrogens is 1. The highest BCUT2D eigenvalue weighted by atomic mass is 16.5. The monoisotopic (exact) mass is 346 g/mol. The number of hydrogen-bond donors (Lipinski definition) is 1. The van der Waals surface area contributed by atoms with Crippen molar-refractivity contribution in [2.75, 3.05) is 20.3 Å². The van der Waals surface area contributed by atoms with Gasteiger partial charge in [0.25, 0.3) is 5.91 Å². The van der Waals surface area contributed by atoms with Crippen molar-refractivity contribution in [3.05, 3.63) is 47.9 Å². The van der Waals surface area contributed by atoms with Crippen LogP contribution < -0.4 is 10.1 Å². The van der Waals surface area contributed by atoms with Crippen molar-refractivity contribution < 1.29 is 23.5 Å². The quantitative estimate of drug-likeness (QED) is 0.739. The van der Waals surface area contributed by atoms with Crippen LogP contribution in [0.15, 0.2) is 41.1 Å². The van der Waals surface area contributed by atoms with Gasteiger partial charge >= 0.3 is 0 Å². The van der Waals surface area contributed by atoms with E-state index >= 15 is 0 Å². The van der Waals surface area contributed by atoms with Crippen molar-refractivity contribution in [1.82, 2.24) is 10.5 Å². The number of nitrogens with one attached hydrogen (secondary N) is 1. The molecule has 1 aliphatic heterocycles. The fourth-order valence-corrected chi connectivity index (χ4v) is 2.80. The molecule has 1 N–H and O–H groups in total. The highest BCUT2D eigenvalue weighted by Gasteiger charge is 2.24. The molecule has 0 bridgehead atoms. The molecule has 1 aromatic heterocycles. The molecule has 2 heterocycles. The topological polar surface area (TPSA) is 82.8 Å². The Morgan fingerprint density at radius 2 is 2.28 bits per heavy atom. The van der Waals surface area contributed by atoms with Crippen LogP contribution in [0.25, 0.3) is 0 Å². The molecule has 1 aromatic carbocycles. The van der Waals surface area contributed by atoms with Gasteiger partial charge in [-0.05, 0) is 24.8 Å². The van der Waals surface area contributed by atoms with E-state index in [0.29, 0.717) is 25.6 Å². The number of hydrogen-bond acceptors (Lipinski definition) is 6. The molecule has 2 atom stereocenters. The lowest BCUT2D eigenvalue weighted by Crippen LogP contribution is -2.38. The Hall–Kier alpha value is -2.38. The van der Waals surface area contributed by atoms with Gasteiger partial charge in [0.15, 0.2) is 5.69 Å². The Morgan fingerprint density at radius 1 is 1.40 bits per heavy atom. The minimum Gasteiger partial charge on any atom is -0.496 e. The van der Waals surface area contributed by atoms with Gasteiger partial charge < -0.3 is 24.1 Å². The van der Waals surface area contributed by atoms with Gasteiger partial charge in [-0.1, -0.05) is 23.4 Å². The molecule has 0 aliphatic carbocycles. The summed E-state index contributed by atoms with van der Waals surface area (Å²) in [7, 11) is 1.62. The Bertz CT molecular complexity index is 668. The van der Waals surface area contributed by atoms with E-state index in [-0.39, 0.29) is 11.6 Å². The predicted octanol–water partition coefficient (Wildman–Crippen LogP) is 2.38. The third-order valence-electron chi connectivity index (χ3n) is 4.17. The number of para-hydroxylation sites is 1. The molecular formula is C18H22N2O5. The van der Waals surface area contributed by atoms with Crippen LogP contribution in [0.1, 0.15) is 28.9 Å². The normalized spacial score (nSPS) is 18.0. The van der Waals surface area contributed by atoms with Crippen molar-refractivity contribution in [1.29, 1.82) is 0 Å². The lowest BCUT2D eigenvalue weighted by Gasteiger charge is -2.22. The van der Waals surface area contributed by atoms with E-state index in [1.807, 2.05) is 24.3 Å². The molecule has 1 saturated heterocycles. The van der Waals surface area contributed by atoms with E-state index in [4.69, 9.17) is 18.7 Å². The largest absolute Gasteiger partial charge is 0.496 e. The van der Waals surface area contributed by atoms with Gasteiger partial charge in [0, 0.05) is 24.8 Å². The molecule has 7 nitrogen and oxygen atoms in total. The van der Waals surface area contributed by atoms with E-state index < -0.39 is 6.23 Å². The molecule has 2 aromatic rings. The maximum atomic E-state index is 12.3. The summed E-state index contributed by atoms with van der Waals surface area (Å²) in [5.41, 5.74) is 1.15. The average molecular weight is 346 g/mol. The van der Waals surface area contributed by atoms with E-state index in [1.165, 1.54) is 12.3 Å². The van der Waals surface area contributed by atoms with Crippen LogP contribution in [0.5, 0.6) is 5.75 Å². The molecule has 1 amide bonds. The minimum absolute atomic E-state index is 0.230. The second kappa shape index (κ2) is 8.64. The average Bonchev–Trinajstić information content (AvgIpc) is 3.33. The number of methoxy groups -OCH3 is 1. The van der Waals surface area contributed by atoms with Crippen LogP contribution in [-0.4, -0.2) is 37.6 Å². The molecule has 1 aliphatic rings. The van der Waals surface area contributed by atoms with Crippen LogP contribution in [0, 0.1) is 5.92 Å². The summed E-state index contributed by atoms with van der Waals surface area (Å²) < 4.78 is 21.5. The zero-order valence-electron chi connectivity index (χ0n) is 14.1. The van der Waals surface area contributed by atoms with Crippen molar-refractivity contribution in [2.24, 2.45) is 5.92 Å². The Kier molecular flexibility index (Phi) is 6.03. The van der Waals surface area contributed by atoms with E-state index in [0.717, 1.165) is 24.3 Å². The van der Waals surface area contributed by atoms with Gasteiger partial charge in [0.05, 0.1) is 13.7 Å². The highest BCUT2D eigenvalue weighted by Crippen LogP contribution is 2.22. The van der Waals surface area contributed by atoms with E-state index in [1.54, 1.807) is 7.11 Å². The van der Waals surface area contributed by atoms with Crippen LogP contribution in [0.4, 0.5) is 0 Å². The third-order valence-corrected chi connectivity index (χ3v) is 4.17. The Labute approximate surface area is 146 Å². The number of amides is 1. The van der Waals surface area contributed by atoms with E-state index in [2.05, 4.69) is 10.5 Å². The van der Waals surface area contributed by atoms with Crippen LogP contribution >= 0.6 is 0 Å². The van der Waals surface area contributed by atoms with Crippen LogP contribution in [0.3, 0.4) is 0 Å². The smallest absolute Gasteiger partial charge is 0.275 e. The van der Waals surface area contributed by atoms with Gasteiger partial charge in [-0.2, -0.15) is 0 Å². The van der Waals surface area contributed by atoms with Crippen molar-refractivity contribution in [3.8, 4) is 5.75 Å². The van der Waals surface area contributed by atoms with Crippen LogP contribution in [0.2, 0.25) is 0 Å². The van der Waals surface area contributed by atoms with Gasteiger partial charge in [0.2, 0.25) is 0 Å². The zero-order chi connectivity index (χ0) is 17.5. The summed E-state index contributed by atoms with van der Waals surface area (Å²) in [5, 5.41) is 6.53. The maximum Gasteiger partial charge on any atom is 0.275 e. The van der Waals surface area contributed by atoms with Crippen molar-refractivity contribution >= 4 is 5.91 Å². The fourth-order valence-electron chi connectivity index (χ4n) is 2.80. The zero-order valence-corrected chi connectivity index (χ0v) is 14.1. The summed E-state index contributed by atoms with van der Waals surface area (Å²) in [4.78, 5) is 12.3. The van der Waals surface area contributed by atoms with Gasteiger partial charge in [-0.25, -0.2) is 0 Å². The number of nitrogens with zero attached hydrogens (tertiary/aromatic N) is 1. The molecule has 0 radical (unpaired) electrons. The van der Waals surface area contributed by atoms with E-state index in [9.17, 15) is 4.79 Å². The molecule has 3 rings (SSSR count). The number of benzene rings is 1. The fraction of sp³-hybridized carbons (Fsp3) is 0.444. The van der Waals surface area contributed by atoms with Crippen LogP contribution in [-0.2, 0) is 16.1 Å². The van der Waals surface area contributed by atoms with Gasteiger partial charge in [-0.15, -0.1) is 0 Å². The second-order valence-electron chi connectivity index (χ2n) is 5.93. The number of ether oxygens (including phenoxy) is 3. The first-order chi connectivity index (χ1) is 12.3. The molecular weight excluding hydrogens is 324 g/mol. The Balaban J connectivity index is 1.63. The van der Waals surface area contributed by atoms with Gasteiger partial charge in [-0.3, -0.25) is 4.79 Å². The molecule has 25 heavy (non-hydrogen) atoms. The molecule has 134 valence electrons. The van der Waals surface area contributed by atoms with Gasteiger partial charge in [0.1, 0.15) is 18.2 Å². The molecule has 0 saturated carbocycles. The lowest BCUT2D eigenvalue weighted by molar-refractivity contribution is 0.00190. The summed E-state index contributed by atoms with van der Waals surface area (Å²) >= 11 is 0. The summed E-state index contributed by atoms with van der Waals surface area (Å²) in [5.74, 6) is 0.797. The molecule has 2 unspecified atom stereocenters. The summed E-state index contributed by atoms with van der Waals surface area (Å²) in [6, 6.07) is 9.17. The predicted molar refractivity (Wildman–Crippen MR) is 89.1 cm³/mol. The van der Waals surface area contributed by atoms with Crippen molar-refractivity contribution in [3.63, 3.8) is 0 Å². The van der Waals surface area contributed by atoms with Crippen molar-refractivity contribution in [2.45, 2.75) is 25.7 Å². The maximum absolute atomic E-state index is 12.3.